The molecular formula is C19H20O2. The smallest absolute Gasteiger partial charge is 0.115 e. The summed E-state index contributed by atoms with van der Waals surface area (Å²) in [5.74, 6) is 0.0598. The predicted molar refractivity (Wildman–Crippen MR) is 88.1 cm³/mol. The standard InChI is InChI=1S/C19H20O2/c1-12-11-18(15(4)21)9-10-19(12)13(2)16-5-7-17(8-6-16)14(3)20/h5-11,15,20-21H,2-3H2,1,4H3. The van der Waals surface area contributed by atoms with Gasteiger partial charge in [-0.2, -0.15) is 0 Å². The van der Waals surface area contributed by atoms with Crippen molar-refractivity contribution < 1.29 is 10.2 Å². The van der Waals surface area contributed by atoms with Gasteiger partial charge in [-0.15, -0.1) is 0 Å². The Balaban J connectivity index is 2.33. The minimum atomic E-state index is -0.471. The molecule has 2 aromatic rings. The van der Waals surface area contributed by atoms with Crippen molar-refractivity contribution in [1.29, 1.82) is 0 Å². The summed E-state index contributed by atoms with van der Waals surface area (Å²) in [6, 6.07) is 13.4. The molecule has 2 rings (SSSR count). The molecule has 1 unspecified atom stereocenters. The van der Waals surface area contributed by atoms with Crippen LogP contribution >= 0.6 is 0 Å². The van der Waals surface area contributed by atoms with E-state index >= 15 is 0 Å². The second-order valence-corrected chi connectivity index (χ2v) is 5.25. The molecule has 21 heavy (non-hydrogen) atoms. The number of hydrogen-bond acceptors (Lipinski definition) is 2. The van der Waals surface area contributed by atoms with Gasteiger partial charge in [0, 0.05) is 5.56 Å². The van der Waals surface area contributed by atoms with E-state index in [-0.39, 0.29) is 5.76 Å². The first-order valence-corrected chi connectivity index (χ1v) is 6.86. The highest BCUT2D eigenvalue weighted by Crippen LogP contribution is 2.27. The van der Waals surface area contributed by atoms with Gasteiger partial charge in [-0.05, 0) is 41.7 Å². The van der Waals surface area contributed by atoms with Crippen LogP contribution in [0.2, 0.25) is 0 Å². The zero-order valence-corrected chi connectivity index (χ0v) is 12.4. The summed E-state index contributed by atoms with van der Waals surface area (Å²) < 4.78 is 0. The third kappa shape index (κ3) is 3.23. The Morgan fingerprint density at radius 1 is 1.00 bits per heavy atom. The molecule has 0 amide bonds. The summed E-state index contributed by atoms with van der Waals surface area (Å²) in [5, 5.41) is 19.0. The molecule has 0 bridgehead atoms. The summed E-state index contributed by atoms with van der Waals surface area (Å²) in [6.07, 6.45) is -0.471. The van der Waals surface area contributed by atoms with Crippen molar-refractivity contribution in [3.05, 3.63) is 83.4 Å². The molecule has 0 heterocycles. The molecule has 0 aliphatic carbocycles. The van der Waals surface area contributed by atoms with E-state index in [1.165, 1.54) is 0 Å². The van der Waals surface area contributed by atoms with Crippen molar-refractivity contribution in [2.45, 2.75) is 20.0 Å². The van der Waals surface area contributed by atoms with Gasteiger partial charge in [-0.25, -0.2) is 0 Å². The molecule has 0 saturated carbocycles. The lowest BCUT2D eigenvalue weighted by Gasteiger charge is -2.13. The highest BCUT2D eigenvalue weighted by atomic mass is 16.3. The molecule has 1 atom stereocenters. The van der Waals surface area contributed by atoms with E-state index in [4.69, 9.17) is 0 Å². The van der Waals surface area contributed by atoms with E-state index < -0.39 is 6.10 Å². The number of hydrogen-bond donors (Lipinski definition) is 2. The van der Waals surface area contributed by atoms with Crippen molar-refractivity contribution in [3.8, 4) is 0 Å². The van der Waals surface area contributed by atoms with Crippen LogP contribution in [0, 0.1) is 6.92 Å². The average Bonchev–Trinajstić information content (AvgIpc) is 2.46. The molecular weight excluding hydrogens is 260 g/mol. The minimum absolute atomic E-state index is 0.0598. The fourth-order valence-corrected chi connectivity index (χ4v) is 2.30. The molecule has 2 N–H and O–H groups in total. The van der Waals surface area contributed by atoms with E-state index in [2.05, 4.69) is 13.2 Å². The largest absolute Gasteiger partial charge is 0.508 e. The Bertz CT molecular complexity index is 679. The molecule has 0 spiro atoms. The van der Waals surface area contributed by atoms with Crippen molar-refractivity contribution >= 4 is 11.3 Å². The van der Waals surface area contributed by atoms with Crippen LogP contribution in [0.25, 0.3) is 11.3 Å². The molecule has 0 saturated heterocycles. The first kappa shape index (κ1) is 15.1. The maximum Gasteiger partial charge on any atom is 0.115 e. The average molecular weight is 280 g/mol. The van der Waals surface area contributed by atoms with Crippen LogP contribution in [0.1, 0.15) is 40.8 Å². The first-order chi connectivity index (χ1) is 9.90. The second-order valence-electron chi connectivity index (χ2n) is 5.25. The van der Waals surface area contributed by atoms with Gasteiger partial charge in [0.05, 0.1) is 6.10 Å². The highest BCUT2D eigenvalue weighted by molar-refractivity contribution is 5.80. The Morgan fingerprint density at radius 3 is 2.05 bits per heavy atom. The predicted octanol–water partition coefficient (Wildman–Crippen LogP) is 4.64. The topological polar surface area (TPSA) is 40.5 Å². The van der Waals surface area contributed by atoms with Crippen molar-refractivity contribution in [3.63, 3.8) is 0 Å². The van der Waals surface area contributed by atoms with Gasteiger partial charge in [0.1, 0.15) is 5.76 Å². The maximum atomic E-state index is 9.62. The van der Waals surface area contributed by atoms with E-state index in [9.17, 15) is 10.2 Å². The summed E-state index contributed by atoms with van der Waals surface area (Å²) in [5.41, 5.74) is 5.64. The molecule has 0 fully saturated rings. The number of aliphatic hydroxyl groups excluding tert-OH is 2. The first-order valence-electron chi connectivity index (χ1n) is 6.86. The highest BCUT2D eigenvalue weighted by Gasteiger charge is 2.09. The van der Waals surface area contributed by atoms with E-state index in [1.807, 2.05) is 49.4 Å². The zero-order chi connectivity index (χ0) is 15.6. The molecule has 0 aliphatic heterocycles. The van der Waals surface area contributed by atoms with Gasteiger partial charge in [-0.1, -0.05) is 55.6 Å². The van der Waals surface area contributed by atoms with Crippen LogP contribution in [0.15, 0.2) is 55.6 Å². The molecule has 0 radical (unpaired) electrons. The van der Waals surface area contributed by atoms with E-state index in [0.717, 1.165) is 27.8 Å². The Morgan fingerprint density at radius 2 is 1.57 bits per heavy atom. The normalized spacial score (nSPS) is 12.0. The summed E-state index contributed by atoms with van der Waals surface area (Å²) in [4.78, 5) is 0. The van der Waals surface area contributed by atoms with Gasteiger partial charge >= 0.3 is 0 Å². The fourth-order valence-electron chi connectivity index (χ4n) is 2.30. The Hall–Kier alpha value is -2.32. The Labute approximate surface area is 125 Å². The van der Waals surface area contributed by atoms with Gasteiger partial charge in [-0.3, -0.25) is 0 Å². The van der Waals surface area contributed by atoms with Crippen LogP contribution in [0.4, 0.5) is 0 Å². The quantitative estimate of drug-likeness (QED) is 0.801. The van der Waals surface area contributed by atoms with Crippen molar-refractivity contribution in [2.75, 3.05) is 0 Å². The van der Waals surface area contributed by atoms with Crippen LogP contribution in [0.3, 0.4) is 0 Å². The number of rotatable bonds is 4. The lowest BCUT2D eigenvalue weighted by atomic mass is 9.93. The fraction of sp³-hybridized carbons (Fsp3) is 0.158. The van der Waals surface area contributed by atoms with Crippen LogP contribution in [-0.4, -0.2) is 10.2 Å². The Kier molecular flexibility index (Phi) is 4.29. The molecule has 2 nitrogen and oxygen atoms in total. The molecule has 108 valence electrons. The third-order valence-corrected chi connectivity index (χ3v) is 3.62. The summed E-state index contributed by atoms with van der Waals surface area (Å²) >= 11 is 0. The van der Waals surface area contributed by atoms with E-state index in [1.54, 1.807) is 6.92 Å². The monoisotopic (exact) mass is 280 g/mol. The zero-order valence-electron chi connectivity index (χ0n) is 12.4. The SMILES string of the molecule is C=C(O)c1ccc(C(=C)c2ccc(C(C)O)cc2C)cc1. The van der Waals surface area contributed by atoms with Crippen LogP contribution in [-0.2, 0) is 0 Å². The second kappa shape index (κ2) is 5.98. The lowest BCUT2D eigenvalue weighted by Crippen LogP contribution is -1.96. The lowest BCUT2D eigenvalue weighted by molar-refractivity contribution is 0.199. The summed E-state index contributed by atoms with van der Waals surface area (Å²) in [7, 11) is 0. The molecule has 2 heteroatoms. The number of benzene rings is 2. The van der Waals surface area contributed by atoms with Crippen molar-refractivity contribution in [1.82, 2.24) is 0 Å². The van der Waals surface area contributed by atoms with E-state index in [0.29, 0.717) is 5.56 Å². The van der Waals surface area contributed by atoms with Gasteiger partial charge < -0.3 is 10.2 Å². The van der Waals surface area contributed by atoms with Crippen molar-refractivity contribution in [2.24, 2.45) is 0 Å². The van der Waals surface area contributed by atoms with Gasteiger partial charge in [0.2, 0.25) is 0 Å². The number of aliphatic hydroxyl groups is 2. The van der Waals surface area contributed by atoms with Gasteiger partial charge in [0.25, 0.3) is 0 Å². The molecule has 0 aromatic heterocycles. The molecule has 0 aliphatic rings. The van der Waals surface area contributed by atoms with Crippen LogP contribution < -0.4 is 0 Å². The molecule has 2 aromatic carbocycles. The number of aryl methyl sites for hydroxylation is 1. The third-order valence-electron chi connectivity index (χ3n) is 3.62. The van der Waals surface area contributed by atoms with Gasteiger partial charge in [0.15, 0.2) is 0 Å². The minimum Gasteiger partial charge on any atom is -0.508 e. The summed E-state index contributed by atoms with van der Waals surface area (Å²) in [6.45, 7) is 11.4. The maximum absolute atomic E-state index is 9.62. The van der Waals surface area contributed by atoms with Crippen LogP contribution in [0.5, 0.6) is 0 Å².